The van der Waals surface area contributed by atoms with Crippen molar-refractivity contribution >= 4 is 27.4 Å². The van der Waals surface area contributed by atoms with E-state index in [2.05, 4.69) is 15.9 Å². The highest BCUT2D eigenvalue weighted by Gasteiger charge is 2.22. The molecule has 2 aromatic rings. The van der Waals surface area contributed by atoms with Gasteiger partial charge in [-0.2, -0.15) is 0 Å². The lowest BCUT2D eigenvalue weighted by molar-refractivity contribution is 0.103. The lowest BCUT2D eigenvalue weighted by Crippen LogP contribution is -2.09. The van der Waals surface area contributed by atoms with Crippen LogP contribution in [0.1, 0.15) is 15.9 Å². The number of anilines is 1. The quantitative estimate of drug-likeness (QED) is 0.671. The smallest absolute Gasteiger partial charge is 0.199 e. The van der Waals surface area contributed by atoms with E-state index in [1.807, 2.05) is 0 Å². The second-order valence-electron chi connectivity index (χ2n) is 4.15. The zero-order valence-electron chi connectivity index (χ0n) is 10.7. The number of ether oxygens (including phenoxy) is 1. The standard InChI is InChI=1S/C14H9BrF3NO2/c1-21-12-5-10(17)9(15)4-7(12)14(20)8-2-6(16)3-11(19)13(8)18/h2-5H,19H2,1H3. The maximum Gasteiger partial charge on any atom is 0.199 e. The maximum atomic E-state index is 13.9. The molecule has 110 valence electrons. The monoisotopic (exact) mass is 359 g/mol. The number of hydrogen-bond donors (Lipinski definition) is 1. The molecular formula is C14H9BrF3NO2. The van der Waals surface area contributed by atoms with Gasteiger partial charge in [0, 0.05) is 6.07 Å². The maximum absolute atomic E-state index is 13.9. The van der Waals surface area contributed by atoms with Crippen LogP contribution in [-0.2, 0) is 0 Å². The molecule has 0 aliphatic rings. The Balaban J connectivity index is 2.63. The fourth-order valence-electron chi connectivity index (χ4n) is 1.80. The highest BCUT2D eigenvalue weighted by atomic mass is 79.9. The van der Waals surface area contributed by atoms with E-state index in [4.69, 9.17) is 10.5 Å². The Morgan fingerprint density at radius 2 is 1.81 bits per heavy atom. The van der Waals surface area contributed by atoms with Gasteiger partial charge in [0.15, 0.2) is 11.6 Å². The predicted octanol–water partition coefficient (Wildman–Crippen LogP) is 3.69. The number of methoxy groups -OCH3 is 1. The van der Waals surface area contributed by atoms with Crippen LogP contribution in [0.15, 0.2) is 28.7 Å². The van der Waals surface area contributed by atoms with Gasteiger partial charge in [-0.25, -0.2) is 13.2 Å². The molecule has 0 aromatic heterocycles. The highest BCUT2D eigenvalue weighted by Crippen LogP contribution is 2.30. The first kappa shape index (κ1) is 15.4. The third-order valence-electron chi connectivity index (χ3n) is 2.80. The van der Waals surface area contributed by atoms with Crippen LogP contribution >= 0.6 is 15.9 Å². The molecule has 3 nitrogen and oxygen atoms in total. The van der Waals surface area contributed by atoms with Gasteiger partial charge in [-0.3, -0.25) is 4.79 Å². The van der Waals surface area contributed by atoms with E-state index >= 15 is 0 Å². The molecule has 2 rings (SSSR count). The second kappa shape index (κ2) is 5.77. The van der Waals surface area contributed by atoms with Crippen LogP contribution in [0, 0.1) is 17.5 Å². The topological polar surface area (TPSA) is 52.3 Å². The predicted molar refractivity (Wildman–Crippen MR) is 74.9 cm³/mol. The first-order valence-corrected chi connectivity index (χ1v) is 6.46. The SMILES string of the molecule is COc1cc(F)c(Br)cc1C(=O)c1cc(F)cc(N)c1F. The van der Waals surface area contributed by atoms with E-state index in [1.165, 1.54) is 7.11 Å². The van der Waals surface area contributed by atoms with Crippen LogP contribution in [0.2, 0.25) is 0 Å². The van der Waals surface area contributed by atoms with Crippen molar-refractivity contribution < 1.29 is 22.7 Å². The van der Waals surface area contributed by atoms with E-state index in [-0.39, 0.29) is 15.8 Å². The van der Waals surface area contributed by atoms with Crippen LogP contribution in [0.5, 0.6) is 5.75 Å². The summed E-state index contributed by atoms with van der Waals surface area (Å²) in [4.78, 5) is 12.3. The highest BCUT2D eigenvalue weighted by molar-refractivity contribution is 9.10. The minimum absolute atomic E-state index is 0.00330. The number of halogens is 4. The van der Waals surface area contributed by atoms with Crippen molar-refractivity contribution in [2.75, 3.05) is 12.8 Å². The molecule has 2 aromatic carbocycles. The number of benzene rings is 2. The summed E-state index contributed by atoms with van der Waals surface area (Å²) in [6, 6.07) is 3.60. The summed E-state index contributed by atoms with van der Waals surface area (Å²) in [5, 5.41) is 0. The molecule has 0 aliphatic heterocycles. The molecule has 0 spiro atoms. The Morgan fingerprint density at radius 3 is 2.43 bits per heavy atom. The summed E-state index contributed by atoms with van der Waals surface area (Å²) in [7, 11) is 1.23. The second-order valence-corrected chi connectivity index (χ2v) is 5.01. The van der Waals surface area contributed by atoms with Gasteiger partial charge in [0.25, 0.3) is 0 Å². The zero-order valence-corrected chi connectivity index (χ0v) is 12.3. The van der Waals surface area contributed by atoms with Gasteiger partial charge in [0.05, 0.1) is 28.4 Å². The fourth-order valence-corrected chi connectivity index (χ4v) is 2.14. The van der Waals surface area contributed by atoms with Crippen LogP contribution in [0.4, 0.5) is 18.9 Å². The van der Waals surface area contributed by atoms with Crippen molar-refractivity contribution in [3.05, 3.63) is 57.3 Å². The van der Waals surface area contributed by atoms with E-state index in [0.717, 1.165) is 24.3 Å². The molecule has 0 aliphatic carbocycles. The van der Waals surface area contributed by atoms with Crippen molar-refractivity contribution in [2.45, 2.75) is 0 Å². The van der Waals surface area contributed by atoms with Crippen LogP contribution < -0.4 is 10.5 Å². The molecule has 0 amide bonds. The molecule has 0 unspecified atom stereocenters. The summed E-state index contributed by atoms with van der Waals surface area (Å²) in [5.41, 5.74) is 4.14. The first-order valence-electron chi connectivity index (χ1n) is 5.67. The lowest BCUT2D eigenvalue weighted by Gasteiger charge is -2.10. The van der Waals surface area contributed by atoms with Crippen molar-refractivity contribution in [1.29, 1.82) is 0 Å². The number of rotatable bonds is 3. The number of nitrogens with two attached hydrogens (primary N) is 1. The summed E-state index contributed by atoms with van der Waals surface area (Å²) in [5.74, 6) is -3.50. The number of ketones is 1. The summed E-state index contributed by atoms with van der Waals surface area (Å²) in [6.45, 7) is 0. The lowest BCUT2D eigenvalue weighted by atomic mass is 10.0. The van der Waals surface area contributed by atoms with Gasteiger partial charge in [0.2, 0.25) is 0 Å². The molecule has 21 heavy (non-hydrogen) atoms. The Bertz CT molecular complexity index is 735. The van der Waals surface area contributed by atoms with Crippen LogP contribution in [0.25, 0.3) is 0 Å². The van der Waals surface area contributed by atoms with Gasteiger partial charge >= 0.3 is 0 Å². The Kier molecular flexibility index (Phi) is 4.22. The third-order valence-corrected chi connectivity index (χ3v) is 3.40. The molecule has 0 fully saturated rings. The minimum Gasteiger partial charge on any atom is -0.496 e. The minimum atomic E-state index is -1.04. The van der Waals surface area contributed by atoms with Crippen molar-refractivity contribution in [2.24, 2.45) is 0 Å². The van der Waals surface area contributed by atoms with Crippen molar-refractivity contribution in [3.8, 4) is 5.75 Å². The van der Waals surface area contributed by atoms with Crippen LogP contribution in [-0.4, -0.2) is 12.9 Å². The molecule has 0 saturated heterocycles. The summed E-state index contributed by atoms with van der Waals surface area (Å²) in [6.07, 6.45) is 0. The third kappa shape index (κ3) is 2.87. The number of carbonyl (C=O) groups is 1. The molecule has 0 radical (unpaired) electrons. The zero-order chi connectivity index (χ0) is 15.7. The van der Waals surface area contributed by atoms with E-state index in [1.54, 1.807) is 0 Å². The van der Waals surface area contributed by atoms with Gasteiger partial charge in [-0.05, 0) is 34.1 Å². The molecule has 0 bridgehead atoms. The van der Waals surface area contributed by atoms with Gasteiger partial charge in [-0.15, -0.1) is 0 Å². The first-order chi connectivity index (χ1) is 9.85. The fraction of sp³-hybridized carbons (Fsp3) is 0.0714. The summed E-state index contributed by atoms with van der Waals surface area (Å²) >= 11 is 2.92. The van der Waals surface area contributed by atoms with Crippen molar-refractivity contribution in [3.63, 3.8) is 0 Å². The molecular weight excluding hydrogens is 351 g/mol. The largest absolute Gasteiger partial charge is 0.496 e. The Labute approximate surface area is 126 Å². The van der Waals surface area contributed by atoms with E-state index < -0.39 is 34.5 Å². The number of carbonyl (C=O) groups excluding carboxylic acids is 1. The van der Waals surface area contributed by atoms with Gasteiger partial charge < -0.3 is 10.5 Å². The molecule has 2 N–H and O–H groups in total. The van der Waals surface area contributed by atoms with Gasteiger partial charge in [-0.1, -0.05) is 0 Å². The van der Waals surface area contributed by atoms with Crippen molar-refractivity contribution in [1.82, 2.24) is 0 Å². The molecule has 0 saturated carbocycles. The van der Waals surface area contributed by atoms with E-state index in [0.29, 0.717) is 0 Å². The number of nitrogen functional groups attached to an aromatic ring is 1. The van der Waals surface area contributed by atoms with Crippen LogP contribution in [0.3, 0.4) is 0 Å². The average Bonchev–Trinajstić information content (AvgIpc) is 2.44. The van der Waals surface area contributed by atoms with E-state index in [9.17, 15) is 18.0 Å². The number of hydrogen-bond acceptors (Lipinski definition) is 3. The molecule has 7 heteroatoms. The Hall–Kier alpha value is -2.02. The summed E-state index contributed by atoms with van der Waals surface area (Å²) < 4.78 is 45.5. The van der Waals surface area contributed by atoms with Gasteiger partial charge in [0.1, 0.15) is 17.4 Å². The molecule has 0 heterocycles. The molecule has 0 atom stereocenters. The average molecular weight is 360 g/mol. The normalized spacial score (nSPS) is 10.5. The Morgan fingerprint density at radius 1 is 1.14 bits per heavy atom.